The third kappa shape index (κ3) is 2.06. The van der Waals surface area contributed by atoms with E-state index in [0.29, 0.717) is 17.7 Å². The van der Waals surface area contributed by atoms with Crippen molar-refractivity contribution in [2.45, 2.75) is 6.42 Å². The van der Waals surface area contributed by atoms with Gasteiger partial charge in [0.2, 0.25) is 0 Å². The highest BCUT2D eigenvalue weighted by molar-refractivity contribution is 5.79. The molecule has 0 saturated carbocycles. The Morgan fingerprint density at radius 2 is 2.38 bits per heavy atom. The minimum atomic E-state index is 0.310. The van der Waals surface area contributed by atoms with Crippen molar-refractivity contribution >= 4 is 6.29 Å². The zero-order valence-corrected chi connectivity index (χ0v) is 7.28. The third-order valence-corrected chi connectivity index (χ3v) is 1.70. The highest BCUT2D eigenvalue weighted by atomic mass is 16.5. The van der Waals surface area contributed by atoms with Gasteiger partial charge in [0.15, 0.2) is 6.29 Å². The van der Waals surface area contributed by atoms with Crippen LogP contribution in [0.2, 0.25) is 0 Å². The number of ether oxygens (including phenoxy) is 1. The summed E-state index contributed by atoms with van der Waals surface area (Å²) in [6.45, 7) is 0. The lowest BCUT2D eigenvalue weighted by Gasteiger charge is -2.03. The number of carbonyl (C=O) groups is 1. The molecule has 0 aliphatic carbocycles. The van der Waals surface area contributed by atoms with Crippen LogP contribution >= 0.6 is 0 Å². The van der Waals surface area contributed by atoms with Crippen LogP contribution in [0.25, 0.3) is 0 Å². The van der Waals surface area contributed by atoms with Gasteiger partial charge in [0.25, 0.3) is 0 Å². The molecule has 1 aromatic carbocycles. The van der Waals surface area contributed by atoms with E-state index >= 15 is 0 Å². The molecular weight excluding hydrogens is 166 g/mol. The smallest absolute Gasteiger partial charge is 0.153 e. The predicted octanol–water partition coefficient (Wildman–Crippen LogP) is 1.57. The number of hydrogen-bond acceptors (Lipinski definition) is 3. The van der Waals surface area contributed by atoms with Gasteiger partial charge in [-0.05, 0) is 17.7 Å². The summed E-state index contributed by atoms with van der Waals surface area (Å²) in [5.74, 6) is 0.539. The van der Waals surface area contributed by atoms with Crippen molar-refractivity contribution in [1.29, 1.82) is 5.26 Å². The molecule has 3 heteroatoms. The van der Waals surface area contributed by atoms with Gasteiger partial charge in [-0.1, -0.05) is 6.07 Å². The second kappa shape index (κ2) is 4.27. The normalized spacial score (nSPS) is 8.92. The molecule has 1 rings (SSSR count). The molecule has 1 aromatic rings. The Bertz CT molecular complexity index is 352. The molecule has 0 aromatic heterocycles. The van der Waals surface area contributed by atoms with Crippen molar-refractivity contribution in [2.24, 2.45) is 0 Å². The number of nitriles is 1. The maximum absolute atomic E-state index is 10.6. The second-order valence-electron chi connectivity index (χ2n) is 2.53. The maximum Gasteiger partial charge on any atom is 0.153 e. The van der Waals surface area contributed by atoms with Gasteiger partial charge in [-0.2, -0.15) is 5.26 Å². The second-order valence-corrected chi connectivity index (χ2v) is 2.53. The van der Waals surface area contributed by atoms with Crippen molar-refractivity contribution in [3.8, 4) is 11.8 Å². The number of carbonyl (C=O) groups excluding carboxylic acids is 1. The van der Waals surface area contributed by atoms with Gasteiger partial charge in [-0.3, -0.25) is 4.79 Å². The molecule has 0 amide bonds. The van der Waals surface area contributed by atoms with Crippen LogP contribution in [-0.4, -0.2) is 13.4 Å². The first kappa shape index (κ1) is 9.27. The van der Waals surface area contributed by atoms with Crippen LogP contribution in [0.15, 0.2) is 18.2 Å². The first-order valence-electron chi connectivity index (χ1n) is 3.81. The molecule has 13 heavy (non-hydrogen) atoms. The predicted molar refractivity (Wildman–Crippen MR) is 47.7 cm³/mol. The van der Waals surface area contributed by atoms with E-state index in [1.807, 2.05) is 6.07 Å². The van der Waals surface area contributed by atoms with E-state index in [9.17, 15) is 4.79 Å². The Morgan fingerprint density at radius 1 is 1.62 bits per heavy atom. The molecule has 66 valence electrons. The Labute approximate surface area is 76.6 Å². The number of rotatable bonds is 3. The van der Waals surface area contributed by atoms with Crippen LogP contribution in [0.4, 0.5) is 0 Å². The van der Waals surface area contributed by atoms with Gasteiger partial charge >= 0.3 is 0 Å². The van der Waals surface area contributed by atoms with Gasteiger partial charge in [0, 0.05) is 0 Å². The largest absolute Gasteiger partial charge is 0.496 e. The Kier molecular flexibility index (Phi) is 3.04. The summed E-state index contributed by atoms with van der Waals surface area (Å²) < 4.78 is 4.96. The summed E-state index contributed by atoms with van der Waals surface area (Å²) in [7, 11) is 1.51. The quantitative estimate of drug-likeness (QED) is 0.655. The monoisotopic (exact) mass is 175 g/mol. The summed E-state index contributed by atoms with van der Waals surface area (Å²) in [6.07, 6.45) is 1.03. The van der Waals surface area contributed by atoms with Crippen molar-refractivity contribution in [1.82, 2.24) is 0 Å². The van der Waals surface area contributed by atoms with Gasteiger partial charge in [-0.25, -0.2) is 0 Å². The molecule has 0 unspecified atom stereocenters. The van der Waals surface area contributed by atoms with Crippen molar-refractivity contribution < 1.29 is 9.53 Å². The molecule has 0 spiro atoms. The summed E-state index contributed by atoms with van der Waals surface area (Å²) in [4.78, 5) is 10.6. The minimum Gasteiger partial charge on any atom is -0.496 e. The summed E-state index contributed by atoms with van der Waals surface area (Å²) in [6, 6.07) is 7.14. The number of hydrogen-bond donors (Lipinski definition) is 0. The maximum atomic E-state index is 10.6. The summed E-state index contributed by atoms with van der Waals surface area (Å²) >= 11 is 0. The molecule has 0 fully saturated rings. The van der Waals surface area contributed by atoms with Crippen LogP contribution in [0.3, 0.4) is 0 Å². The lowest BCUT2D eigenvalue weighted by Crippen LogP contribution is -1.92. The van der Waals surface area contributed by atoms with Gasteiger partial charge in [-0.15, -0.1) is 0 Å². The number of benzene rings is 1. The zero-order valence-electron chi connectivity index (χ0n) is 7.28. The fourth-order valence-corrected chi connectivity index (χ4v) is 1.08. The van der Waals surface area contributed by atoms with Gasteiger partial charge in [0.1, 0.15) is 5.75 Å². The van der Waals surface area contributed by atoms with E-state index in [-0.39, 0.29) is 0 Å². The molecule has 0 aliphatic heterocycles. The molecule has 0 aliphatic rings. The van der Waals surface area contributed by atoms with Crippen LogP contribution in [0.5, 0.6) is 5.75 Å². The number of aldehydes is 1. The molecule has 0 atom stereocenters. The van der Waals surface area contributed by atoms with E-state index < -0.39 is 0 Å². The van der Waals surface area contributed by atoms with Crippen LogP contribution in [-0.2, 0) is 6.42 Å². The van der Waals surface area contributed by atoms with E-state index in [1.165, 1.54) is 7.11 Å². The van der Waals surface area contributed by atoms with E-state index in [4.69, 9.17) is 10.00 Å². The average molecular weight is 175 g/mol. The Hall–Kier alpha value is -1.82. The molecule has 0 heterocycles. The lowest BCUT2D eigenvalue weighted by atomic mass is 10.1. The fourth-order valence-electron chi connectivity index (χ4n) is 1.08. The SMILES string of the molecule is COc1ccc(CC#N)cc1C=O. The van der Waals surface area contributed by atoms with Crippen molar-refractivity contribution in [2.75, 3.05) is 7.11 Å². The van der Waals surface area contributed by atoms with E-state index in [1.54, 1.807) is 18.2 Å². The van der Waals surface area contributed by atoms with Gasteiger partial charge in [0.05, 0.1) is 25.2 Å². The van der Waals surface area contributed by atoms with Crippen molar-refractivity contribution in [3.05, 3.63) is 29.3 Å². The molecule has 0 N–H and O–H groups in total. The topological polar surface area (TPSA) is 50.1 Å². The highest BCUT2D eigenvalue weighted by Crippen LogP contribution is 2.17. The lowest BCUT2D eigenvalue weighted by molar-refractivity contribution is 0.112. The Morgan fingerprint density at radius 3 is 2.92 bits per heavy atom. The van der Waals surface area contributed by atoms with Gasteiger partial charge < -0.3 is 4.74 Å². The minimum absolute atomic E-state index is 0.310. The molecule has 0 radical (unpaired) electrons. The standard InChI is InChI=1S/C10H9NO2/c1-13-10-3-2-8(4-5-11)6-9(10)7-12/h2-3,6-7H,4H2,1H3. The molecule has 0 bridgehead atoms. The fraction of sp³-hybridized carbons (Fsp3) is 0.200. The zero-order chi connectivity index (χ0) is 9.68. The first-order valence-corrected chi connectivity index (χ1v) is 3.81. The van der Waals surface area contributed by atoms with E-state index in [2.05, 4.69) is 0 Å². The van der Waals surface area contributed by atoms with Crippen LogP contribution < -0.4 is 4.74 Å². The molecule has 3 nitrogen and oxygen atoms in total. The molecule has 0 saturated heterocycles. The van der Waals surface area contributed by atoms with Crippen LogP contribution in [0.1, 0.15) is 15.9 Å². The van der Waals surface area contributed by atoms with E-state index in [0.717, 1.165) is 11.8 Å². The van der Waals surface area contributed by atoms with Crippen LogP contribution in [0, 0.1) is 11.3 Å². The summed E-state index contributed by atoms with van der Waals surface area (Å²) in [5, 5.41) is 8.44. The third-order valence-electron chi connectivity index (χ3n) is 1.70. The summed E-state index contributed by atoms with van der Waals surface area (Å²) in [5.41, 5.74) is 1.31. The van der Waals surface area contributed by atoms with Crippen molar-refractivity contribution in [3.63, 3.8) is 0 Å². The average Bonchev–Trinajstić information content (AvgIpc) is 2.18. The molecular formula is C10H9NO2. The number of nitrogens with zero attached hydrogens (tertiary/aromatic N) is 1. The number of methoxy groups -OCH3 is 1. The highest BCUT2D eigenvalue weighted by Gasteiger charge is 2.02. The Balaban J connectivity index is 3.07. The first-order chi connectivity index (χ1) is 6.31.